The summed E-state index contributed by atoms with van der Waals surface area (Å²) in [6.07, 6.45) is 1.10. The Balaban J connectivity index is 2.42. The molecule has 10 heteroatoms. The molecule has 158 valence electrons. The van der Waals surface area contributed by atoms with Gasteiger partial charge in [-0.25, -0.2) is 9.59 Å². The number of thiophene rings is 1. The maximum Gasteiger partial charge on any atom is 0.348 e. The number of hydrogen-bond acceptors (Lipinski definition) is 8. The van der Waals surface area contributed by atoms with E-state index in [1.807, 2.05) is 28.7 Å². The van der Waals surface area contributed by atoms with E-state index in [9.17, 15) is 19.6 Å². The number of ketones is 1. The average Bonchev–Trinajstić information content (AvgIpc) is 3.18. The van der Waals surface area contributed by atoms with E-state index in [4.69, 9.17) is 13.9 Å². The molecule has 0 radical (unpaired) electrons. The maximum atomic E-state index is 12.8. The molecule has 0 saturated carbocycles. The van der Waals surface area contributed by atoms with Gasteiger partial charge in [0.05, 0.1) is 28.8 Å². The van der Waals surface area contributed by atoms with Gasteiger partial charge in [-0.1, -0.05) is 0 Å². The molecule has 0 spiro atoms. The van der Waals surface area contributed by atoms with Crippen molar-refractivity contribution in [2.75, 3.05) is 13.2 Å². The lowest BCUT2D eigenvalue weighted by Crippen LogP contribution is -2.12. The minimum Gasteiger partial charge on any atom is -0.462 e. The number of furan rings is 1. The fourth-order valence-electron chi connectivity index (χ4n) is 2.55. The van der Waals surface area contributed by atoms with Crippen LogP contribution in [0.3, 0.4) is 0 Å². The Morgan fingerprint density at radius 1 is 1.27 bits per heavy atom. The summed E-state index contributed by atoms with van der Waals surface area (Å²) in [4.78, 5) is 38.0. The minimum absolute atomic E-state index is 0.133. The first-order valence-corrected chi connectivity index (χ1v) is 11.5. The van der Waals surface area contributed by atoms with Crippen LogP contribution < -0.4 is 0 Å². The predicted octanol–water partition coefficient (Wildman–Crippen LogP) is 5.09. The molecule has 0 aliphatic carbocycles. The monoisotopic (exact) mass is 605 g/mol. The summed E-state index contributed by atoms with van der Waals surface area (Å²) in [5, 5.41) is 9.44. The molecule has 0 aromatic carbocycles. The van der Waals surface area contributed by atoms with Crippen LogP contribution >= 0.6 is 49.9 Å². The van der Waals surface area contributed by atoms with E-state index in [-0.39, 0.29) is 35.6 Å². The number of rotatable bonds is 8. The molecule has 0 amide bonds. The largest absolute Gasteiger partial charge is 0.462 e. The fraction of sp³-hybridized carbons (Fsp3) is 0.300. The molecule has 0 bridgehead atoms. The van der Waals surface area contributed by atoms with Crippen molar-refractivity contribution in [2.24, 2.45) is 0 Å². The van der Waals surface area contributed by atoms with Crippen molar-refractivity contribution in [2.45, 2.75) is 27.2 Å². The summed E-state index contributed by atoms with van der Waals surface area (Å²) in [6, 6.07) is 3.51. The minimum atomic E-state index is -0.628. The third kappa shape index (κ3) is 5.59. The average molecular weight is 606 g/mol. The molecule has 0 fully saturated rings. The van der Waals surface area contributed by atoms with Gasteiger partial charge in [-0.3, -0.25) is 4.79 Å². The van der Waals surface area contributed by atoms with Gasteiger partial charge < -0.3 is 13.9 Å². The Bertz CT molecular complexity index is 1040. The lowest BCUT2D eigenvalue weighted by Gasteiger charge is -2.05. The van der Waals surface area contributed by atoms with Crippen LogP contribution in [0, 0.1) is 22.0 Å². The third-order valence-corrected chi connectivity index (χ3v) is 7.26. The highest BCUT2D eigenvalue weighted by Gasteiger charge is 2.28. The highest BCUT2D eigenvalue weighted by molar-refractivity contribution is 14.1. The van der Waals surface area contributed by atoms with Crippen molar-refractivity contribution in [3.8, 4) is 6.07 Å². The van der Waals surface area contributed by atoms with Crippen molar-refractivity contribution in [3.05, 3.63) is 46.5 Å². The molecule has 30 heavy (non-hydrogen) atoms. The first kappa shape index (κ1) is 24.3. The lowest BCUT2D eigenvalue weighted by atomic mass is 10.0. The molecule has 0 atom stereocenters. The van der Waals surface area contributed by atoms with Crippen LogP contribution in [0.5, 0.6) is 0 Å². The van der Waals surface area contributed by atoms with Crippen molar-refractivity contribution >= 4 is 73.7 Å². The highest BCUT2D eigenvalue weighted by atomic mass is 127. The van der Waals surface area contributed by atoms with Crippen LogP contribution in [0.4, 0.5) is 0 Å². The van der Waals surface area contributed by atoms with Gasteiger partial charge in [-0.05, 0) is 48.3 Å². The van der Waals surface area contributed by atoms with E-state index < -0.39 is 17.7 Å². The first-order valence-electron chi connectivity index (χ1n) is 8.79. The van der Waals surface area contributed by atoms with Gasteiger partial charge in [0, 0.05) is 40.0 Å². The molecule has 0 unspecified atom stereocenters. The highest BCUT2D eigenvalue weighted by Crippen LogP contribution is 2.31. The summed E-state index contributed by atoms with van der Waals surface area (Å²) in [7, 11) is 0. The number of carbonyl (C=O) groups excluding carboxylic acids is 3. The van der Waals surface area contributed by atoms with E-state index in [0.29, 0.717) is 24.4 Å². The van der Waals surface area contributed by atoms with E-state index in [2.05, 4.69) is 15.9 Å². The maximum absolute atomic E-state index is 12.8. The predicted molar refractivity (Wildman–Crippen MR) is 122 cm³/mol. The molecular weight excluding hydrogens is 589 g/mol. The zero-order chi connectivity index (χ0) is 22.4. The zero-order valence-electron chi connectivity index (χ0n) is 16.3. The number of allylic oxidation sites excluding steroid dienone is 1. The Morgan fingerprint density at radius 2 is 1.90 bits per heavy atom. The number of nitrogens with zero attached hydrogens (tertiary/aromatic N) is 1. The normalized spacial score (nSPS) is 11.1. The Morgan fingerprint density at radius 3 is 2.43 bits per heavy atom. The van der Waals surface area contributed by atoms with Crippen molar-refractivity contribution in [1.29, 1.82) is 5.26 Å². The Labute approximate surface area is 199 Å². The second-order valence-electron chi connectivity index (χ2n) is 5.84. The van der Waals surface area contributed by atoms with Crippen LogP contribution in [0.25, 0.3) is 6.08 Å². The molecule has 0 saturated heterocycles. The van der Waals surface area contributed by atoms with Gasteiger partial charge in [0.25, 0.3) is 0 Å². The Hall–Kier alpha value is -1.97. The van der Waals surface area contributed by atoms with Gasteiger partial charge in [0.15, 0.2) is 9.55 Å². The van der Waals surface area contributed by atoms with E-state index in [0.717, 1.165) is 11.3 Å². The number of esters is 2. The standard InChI is InChI=1S/C20H17BrINO6S/c1-4-27-19(25)16-10(3)17(20(26)28-5-2)30-15(16)8-14(24)11(9-23)6-12-7-13(21)18(22)29-12/h6-7H,4-5,8H2,1-3H3/b11-6+. The van der Waals surface area contributed by atoms with Gasteiger partial charge in [0.2, 0.25) is 0 Å². The van der Waals surface area contributed by atoms with E-state index in [1.54, 1.807) is 26.8 Å². The summed E-state index contributed by atoms with van der Waals surface area (Å²) in [5.41, 5.74) is 0.420. The lowest BCUT2D eigenvalue weighted by molar-refractivity contribution is -0.114. The molecule has 0 N–H and O–H groups in total. The van der Waals surface area contributed by atoms with Crippen molar-refractivity contribution < 1.29 is 28.3 Å². The number of nitriles is 1. The summed E-state index contributed by atoms with van der Waals surface area (Å²) in [5.74, 6) is -1.37. The number of Topliss-reactive ketones (excluding diaryl/α,β-unsaturated/α-hetero) is 1. The molecular formula is C20H17BrINO6S. The van der Waals surface area contributed by atoms with Crippen molar-refractivity contribution in [3.63, 3.8) is 0 Å². The summed E-state index contributed by atoms with van der Waals surface area (Å²) < 4.78 is 16.9. The van der Waals surface area contributed by atoms with Crippen molar-refractivity contribution in [1.82, 2.24) is 0 Å². The first-order chi connectivity index (χ1) is 14.2. The number of halogens is 2. The second kappa shape index (κ2) is 10.9. The number of hydrogen-bond donors (Lipinski definition) is 0. The summed E-state index contributed by atoms with van der Waals surface area (Å²) in [6.45, 7) is 5.27. The third-order valence-electron chi connectivity index (χ3n) is 3.85. The number of carbonyl (C=O) groups is 3. The SMILES string of the molecule is CCOC(=O)c1sc(CC(=O)/C(C#N)=C/c2cc(Br)c(I)o2)c(C(=O)OCC)c1C. The van der Waals surface area contributed by atoms with Crippen LogP contribution in [0.1, 0.15) is 50.1 Å². The van der Waals surface area contributed by atoms with Crippen LogP contribution in [0.2, 0.25) is 0 Å². The quantitative estimate of drug-likeness (QED) is 0.179. The van der Waals surface area contributed by atoms with Gasteiger partial charge >= 0.3 is 11.9 Å². The smallest absolute Gasteiger partial charge is 0.348 e. The molecule has 2 aromatic heterocycles. The Kier molecular flexibility index (Phi) is 8.81. The van der Waals surface area contributed by atoms with Gasteiger partial charge in [-0.15, -0.1) is 11.3 Å². The zero-order valence-corrected chi connectivity index (χ0v) is 20.9. The van der Waals surface area contributed by atoms with Crippen LogP contribution in [0.15, 0.2) is 20.5 Å². The van der Waals surface area contributed by atoms with Crippen LogP contribution in [-0.2, 0) is 20.7 Å². The summed E-state index contributed by atoms with van der Waals surface area (Å²) >= 11 is 6.27. The molecule has 0 aliphatic rings. The van der Waals surface area contributed by atoms with E-state index in [1.165, 1.54) is 6.08 Å². The molecule has 2 rings (SSSR count). The molecule has 0 aliphatic heterocycles. The van der Waals surface area contributed by atoms with Gasteiger partial charge in [0.1, 0.15) is 16.7 Å². The van der Waals surface area contributed by atoms with Gasteiger partial charge in [-0.2, -0.15) is 5.26 Å². The van der Waals surface area contributed by atoms with Crippen LogP contribution in [-0.4, -0.2) is 30.9 Å². The fourth-order valence-corrected chi connectivity index (χ4v) is 4.45. The molecule has 2 aromatic rings. The second-order valence-corrected chi connectivity index (χ2v) is 8.77. The molecule has 2 heterocycles. The topological polar surface area (TPSA) is 107 Å². The molecule has 7 nitrogen and oxygen atoms in total. The van der Waals surface area contributed by atoms with E-state index >= 15 is 0 Å². The number of ether oxygens (including phenoxy) is 2.